The smallest absolute Gasteiger partial charge is 0.407 e. The highest BCUT2D eigenvalue weighted by atomic mass is 16.5. The molecule has 3 N–H and O–H groups in total. The Morgan fingerprint density at radius 3 is 2.12 bits per heavy atom. The number of alkyl carbamates (subject to hydrolysis) is 1. The van der Waals surface area contributed by atoms with Gasteiger partial charge < -0.3 is 20.5 Å². The lowest BCUT2D eigenvalue weighted by atomic mass is 9.98. The number of unbranched alkanes of at least 4 members (excludes halogenated alkanes) is 1. The van der Waals surface area contributed by atoms with Crippen molar-refractivity contribution in [2.24, 2.45) is 0 Å². The highest BCUT2D eigenvalue weighted by molar-refractivity contribution is 5.84. The molecule has 7 nitrogen and oxygen atoms in total. The van der Waals surface area contributed by atoms with Gasteiger partial charge in [-0.25, -0.2) is 9.59 Å². The van der Waals surface area contributed by atoms with Crippen LogP contribution in [0.4, 0.5) is 4.79 Å². The number of carboxylic acids is 1. The molecule has 1 aliphatic rings. The standard InChI is InChI=1S/C26H32N2O5/c1-3-5-14-23(25(30)31)28-24(29)15-17(4-2)27-26(32)33-16-22-20-12-8-6-10-18(20)19-11-7-9-13-21(19)22/h6-13,17,22-23H,3-5,14-16H2,1-2H3,(H,27,32)(H,28,29)(H,30,31). The van der Waals surface area contributed by atoms with E-state index in [9.17, 15) is 19.5 Å². The number of carbonyl (C=O) groups is 3. The third kappa shape index (κ3) is 6.12. The maximum atomic E-state index is 12.5. The van der Waals surface area contributed by atoms with Gasteiger partial charge in [0.1, 0.15) is 12.6 Å². The van der Waals surface area contributed by atoms with E-state index in [1.54, 1.807) is 0 Å². The van der Waals surface area contributed by atoms with E-state index in [2.05, 4.69) is 34.9 Å². The number of aliphatic carboxylic acids is 1. The highest BCUT2D eigenvalue weighted by Crippen LogP contribution is 2.44. The van der Waals surface area contributed by atoms with Crippen molar-refractivity contribution >= 4 is 18.0 Å². The van der Waals surface area contributed by atoms with Gasteiger partial charge in [0.25, 0.3) is 0 Å². The average molecular weight is 453 g/mol. The number of carboxylic acid groups (broad SMARTS) is 1. The third-order valence-electron chi connectivity index (χ3n) is 6.07. The molecule has 0 bridgehead atoms. The number of benzene rings is 2. The Kier molecular flexibility index (Phi) is 8.46. The van der Waals surface area contributed by atoms with Crippen molar-refractivity contribution in [3.8, 4) is 11.1 Å². The predicted octanol–water partition coefficient (Wildman–Crippen LogP) is 4.45. The van der Waals surface area contributed by atoms with Crippen molar-refractivity contribution in [1.29, 1.82) is 0 Å². The van der Waals surface area contributed by atoms with Gasteiger partial charge >= 0.3 is 12.1 Å². The molecular weight excluding hydrogens is 420 g/mol. The molecule has 0 aromatic heterocycles. The predicted molar refractivity (Wildman–Crippen MR) is 126 cm³/mol. The van der Waals surface area contributed by atoms with E-state index >= 15 is 0 Å². The normalized spacial score (nSPS) is 14.0. The second-order valence-electron chi connectivity index (χ2n) is 8.38. The quantitative estimate of drug-likeness (QED) is 0.467. The van der Waals surface area contributed by atoms with Crippen LogP contribution in [0.15, 0.2) is 48.5 Å². The first-order valence-electron chi connectivity index (χ1n) is 11.6. The summed E-state index contributed by atoms with van der Waals surface area (Å²) in [4.78, 5) is 36.2. The Labute approximate surface area is 194 Å². The number of nitrogens with one attached hydrogen (secondary N) is 2. The van der Waals surface area contributed by atoms with Crippen LogP contribution < -0.4 is 10.6 Å². The topological polar surface area (TPSA) is 105 Å². The van der Waals surface area contributed by atoms with Gasteiger partial charge in [0, 0.05) is 18.4 Å². The Hall–Kier alpha value is -3.35. The number of hydrogen-bond acceptors (Lipinski definition) is 4. The molecule has 3 rings (SSSR count). The molecule has 0 saturated carbocycles. The van der Waals surface area contributed by atoms with Gasteiger partial charge in [-0.15, -0.1) is 0 Å². The summed E-state index contributed by atoms with van der Waals surface area (Å²) in [5.74, 6) is -1.49. The SMILES string of the molecule is CCCCC(NC(=O)CC(CC)NC(=O)OCC1c2ccccc2-c2ccccc21)C(=O)O. The molecule has 0 spiro atoms. The highest BCUT2D eigenvalue weighted by Gasteiger charge is 2.29. The molecule has 1 aliphatic carbocycles. The van der Waals surface area contributed by atoms with Crippen LogP contribution >= 0.6 is 0 Å². The van der Waals surface area contributed by atoms with Gasteiger partial charge in [0.05, 0.1) is 0 Å². The van der Waals surface area contributed by atoms with E-state index in [1.165, 1.54) is 0 Å². The van der Waals surface area contributed by atoms with Gasteiger partial charge in [-0.2, -0.15) is 0 Å². The fourth-order valence-corrected chi connectivity index (χ4v) is 4.25. The first kappa shape index (κ1) is 24.3. The van der Waals surface area contributed by atoms with E-state index in [0.29, 0.717) is 19.3 Å². The summed E-state index contributed by atoms with van der Waals surface area (Å²) >= 11 is 0. The lowest BCUT2D eigenvalue weighted by Gasteiger charge is -2.20. The largest absolute Gasteiger partial charge is 0.480 e. The molecule has 0 heterocycles. The van der Waals surface area contributed by atoms with E-state index in [0.717, 1.165) is 28.7 Å². The van der Waals surface area contributed by atoms with Gasteiger partial charge in [0.2, 0.25) is 5.91 Å². The van der Waals surface area contributed by atoms with Crippen LogP contribution in [-0.2, 0) is 14.3 Å². The van der Waals surface area contributed by atoms with Crippen LogP contribution in [0, 0.1) is 0 Å². The van der Waals surface area contributed by atoms with Crippen LogP contribution in [0.1, 0.15) is 63.0 Å². The zero-order valence-electron chi connectivity index (χ0n) is 19.2. The number of carbonyl (C=O) groups excluding carboxylic acids is 2. The summed E-state index contributed by atoms with van der Waals surface area (Å²) in [6.45, 7) is 4.01. The van der Waals surface area contributed by atoms with Gasteiger partial charge in [-0.05, 0) is 35.1 Å². The number of hydrogen-bond donors (Lipinski definition) is 3. The maximum absolute atomic E-state index is 12.5. The molecule has 176 valence electrons. The summed E-state index contributed by atoms with van der Waals surface area (Å²) in [6.07, 6.45) is 1.87. The fraction of sp³-hybridized carbons (Fsp3) is 0.423. The number of fused-ring (bicyclic) bond motifs is 3. The van der Waals surface area contributed by atoms with E-state index in [1.807, 2.05) is 38.1 Å². The van der Waals surface area contributed by atoms with E-state index < -0.39 is 30.1 Å². The lowest BCUT2D eigenvalue weighted by molar-refractivity contribution is -0.142. The second-order valence-corrected chi connectivity index (χ2v) is 8.38. The Balaban J connectivity index is 1.54. The Bertz CT molecular complexity index is 945. The monoisotopic (exact) mass is 452 g/mol. The lowest BCUT2D eigenvalue weighted by Crippen LogP contribution is -2.44. The molecule has 33 heavy (non-hydrogen) atoms. The molecule has 7 heteroatoms. The van der Waals surface area contributed by atoms with Crippen molar-refractivity contribution in [3.05, 3.63) is 59.7 Å². The molecule has 2 unspecified atom stereocenters. The number of amides is 2. The molecule has 0 saturated heterocycles. The molecule has 0 fully saturated rings. The van der Waals surface area contributed by atoms with Crippen LogP contribution in [0.25, 0.3) is 11.1 Å². The van der Waals surface area contributed by atoms with Crippen molar-refractivity contribution in [3.63, 3.8) is 0 Å². The summed E-state index contributed by atoms with van der Waals surface area (Å²) in [5.41, 5.74) is 4.57. The second kappa shape index (κ2) is 11.5. The minimum atomic E-state index is -1.05. The summed E-state index contributed by atoms with van der Waals surface area (Å²) < 4.78 is 5.55. The molecule has 2 amide bonds. The number of ether oxygens (including phenoxy) is 1. The van der Waals surface area contributed by atoms with Crippen molar-refractivity contribution < 1.29 is 24.2 Å². The van der Waals surface area contributed by atoms with Crippen LogP contribution in [0.5, 0.6) is 0 Å². The van der Waals surface area contributed by atoms with Crippen LogP contribution in [-0.4, -0.2) is 41.8 Å². The summed E-state index contributed by atoms with van der Waals surface area (Å²) in [6, 6.07) is 14.9. The van der Waals surface area contributed by atoms with E-state index in [-0.39, 0.29) is 18.9 Å². The minimum Gasteiger partial charge on any atom is -0.480 e. The van der Waals surface area contributed by atoms with Crippen molar-refractivity contribution in [2.45, 2.75) is 64.0 Å². The van der Waals surface area contributed by atoms with Gasteiger partial charge in [-0.3, -0.25) is 4.79 Å². The average Bonchev–Trinajstić information content (AvgIpc) is 3.13. The minimum absolute atomic E-state index is 0.00337. The Morgan fingerprint density at radius 1 is 0.970 bits per heavy atom. The molecule has 0 radical (unpaired) electrons. The molecule has 2 aromatic rings. The first-order valence-corrected chi connectivity index (χ1v) is 11.6. The molecule has 2 atom stereocenters. The van der Waals surface area contributed by atoms with E-state index in [4.69, 9.17) is 4.74 Å². The zero-order chi connectivity index (χ0) is 23.8. The maximum Gasteiger partial charge on any atom is 0.407 e. The summed E-state index contributed by atoms with van der Waals surface area (Å²) in [5, 5.41) is 14.6. The number of rotatable bonds is 11. The fourth-order valence-electron chi connectivity index (χ4n) is 4.25. The summed E-state index contributed by atoms with van der Waals surface area (Å²) in [7, 11) is 0. The third-order valence-corrected chi connectivity index (χ3v) is 6.07. The van der Waals surface area contributed by atoms with Crippen molar-refractivity contribution in [2.75, 3.05) is 6.61 Å². The molecule has 0 aliphatic heterocycles. The van der Waals surface area contributed by atoms with Crippen LogP contribution in [0.3, 0.4) is 0 Å². The Morgan fingerprint density at radius 2 is 1.58 bits per heavy atom. The van der Waals surface area contributed by atoms with Crippen LogP contribution in [0.2, 0.25) is 0 Å². The molecule has 2 aromatic carbocycles. The van der Waals surface area contributed by atoms with Crippen molar-refractivity contribution in [1.82, 2.24) is 10.6 Å². The first-order chi connectivity index (χ1) is 15.9. The van der Waals surface area contributed by atoms with Gasteiger partial charge in [-0.1, -0.05) is 75.2 Å². The molecular formula is C26H32N2O5. The van der Waals surface area contributed by atoms with Gasteiger partial charge in [0.15, 0.2) is 0 Å². The zero-order valence-corrected chi connectivity index (χ0v) is 19.2.